The van der Waals surface area contributed by atoms with Crippen LogP contribution in [0.4, 0.5) is 11.6 Å². The Kier molecular flexibility index (Phi) is 2.95. The molecule has 86 valence electrons. The van der Waals surface area contributed by atoms with Crippen LogP contribution in [0.2, 0.25) is 0 Å². The van der Waals surface area contributed by atoms with E-state index in [1.54, 1.807) is 0 Å². The van der Waals surface area contributed by atoms with E-state index in [-0.39, 0.29) is 12.3 Å². The van der Waals surface area contributed by atoms with Crippen molar-refractivity contribution >= 4 is 11.6 Å². The first-order chi connectivity index (χ1) is 7.72. The van der Waals surface area contributed by atoms with E-state index < -0.39 is 4.92 Å². The Morgan fingerprint density at radius 3 is 2.56 bits per heavy atom. The van der Waals surface area contributed by atoms with Gasteiger partial charge in [0.15, 0.2) is 0 Å². The van der Waals surface area contributed by atoms with Gasteiger partial charge in [0, 0.05) is 12.6 Å². The lowest BCUT2D eigenvalue weighted by atomic mass is 10.5. The molecule has 0 unspecified atom stereocenters. The van der Waals surface area contributed by atoms with Crippen molar-refractivity contribution in [2.24, 2.45) is 0 Å². The third kappa shape index (κ3) is 2.25. The molecule has 0 aromatic carbocycles. The molecule has 0 spiro atoms. The van der Waals surface area contributed by atoms with Crippen molar-refractivity contribution in [2.75, 3.05) is 18.1 Å². The van der Waals surface area contributed by atoms with Crippen LogP contribution in [0.1, 0.15) is 12.8 Å². The van der Waals surface area contributed by atoms with Crippen LogP contribution in [0.5, 0.6) is 0 Å². The van der Waals surface area contributed by atoms with Gasteiger partial charge in [-0.25, -0.2) is 9.97 Å². The Bertz CT molecular complexity index is 377. The van der Waals surface area contributed by atoms with Gasteiger partial charge in [0.05, 0.1) is 11.5 Å². The van der Waals surface area contributed by atoms with Crippen LogP contribution in [0.25, 0.3) is 0 Å². The summed E-state index contributed by atoms with van der Waals surface area (Å²) in [7, 11) is 0. The standard InChI is InChI=1S/C9H12N4O3/c14-4-3-12(7-1-2-7)9-10-5-8(6-11-9)13(15)16/h5-7,14H,1-4H2. The van der Waals surface area contributed by atoms with Crippen molar-refractivity contribution < 1.29 is 10.0 Å². The van der Waals surface area contributed by atoms with Crippen LogP contribution in [0.15, 0.2) is 12.4 Å². The Balaban J connectivity index is 2.14. The smallest absolute Gasteiger partial charge is 0.305 e. The molecule has 1 aliphatic carbocycles. The number of hydrogen-bond donors (Lipinski definition) is 1. The SMILES string of the molecule is O=[N+]([O-])c1cnc(N(CCO)C2CC2)nc1. The van der Waals surface area contributed by atoms with E-state index in [1.807, 2.05) is 4.90 Å². The molecule has 16 heavy (non-hydrogen) atoms. The second kappa shape index (κ2) is 4.40. The predicted molar refractivity (Wildman–Crippen MR) is 56.1 cm³/mol. The van der Waals surface area contributed by atoms with Crippen molar-refractivity contribution in [3.05, 3.63) is 22.5 Å². The first kappa shape index (κ1) is 10.7. The lowest BCUT2D eigenvalue weighted by molar-refractivity contribution is -0.385. The van der Waals surface area contributed by atoms with E-state index in [2.05, 4.69) is 9.97 Å². The fourth-order valence-corrected chi connectivity index (χ4v) is 1.50. The molecular weight excluding hydrogens is 212 g/mol. The minimum Gasteiger partial charge on any atom is -0.395 e. The van der Waals surface area contributed by atoms with Gasteiger partial charge < -0.3 is 10.0 Å². The molecule has 0 aliphatic heterocycles. The Morgan fingerprint density at radius 1 is 1.50 bits per heavy atom. The average Bonchev–Trinajstić information content (AvgIpc) is 3.10. The van der Waals surface area contributed by atoms with Gasteiger partial charge in [0.25, 0.3) is 0 Å². The summed E-state index contributed by atoms with van der Waals surface area (Å²) in [5, 5.41) is 19.3. The zero-order valence-corrected chi connectivity index (χ0v) is 8.61. The van der Waals surface area contributed by atoms with Crippen LogP contribution >= 0.6 is 0 Å². The third-order valence-corrected chi connectivity index (χ3v) is 2.42. The normalized spacial score (nSPS) is 14.8. The van der Waals surface area contributed by atoms with Crippen molar-refractivity contribution in [2.45, 2.75) is 18.9 Å². The molecule has 1 fully saturated rings. The average molecular weight is 224 g/mol. The van der Waals surface area contributed by atoms with E-state index in [0.29, 0.717) is 18.5 Å². The Labute approximate surface area is 91.9 Å². The van der Waals surface area contributed by atoms with E-state index in [9.17, 15) is 10.1 Å². The largest absolute Gasteiger partial charge is 0.395 e. The molecule has 7 heteroatoms. The number of nitro groups is 1. The molecule has 1 aromatic rings. The van der Waals surface area contributed by atoms with Gasteiger partial charge >= 0.3 is 5.69 Å². The summed E-state index contributed by atoms with van der Waals surface area (Å²) in [6, 6.07) is 0.369. The number of aliphatic hydroxyl groups excluding tert-OH is 1. The van der Waals surface area contributed by atoms with Crippen molar-refractivity contribution in [3.63, 3.8) is 0 Å². The van der Waals surface area contributed by atoms with Crippen molar-refractivity contribution in [3.8, 4) is 0 Å². The molecule has 1 heterocycles. The summed E-state index contributed by atoms with van der Waals surface area (Å²) in [6.45, 7) is 0.485. The topological polar surface area (TPSA) is 92.4 Å². The Morgan fingerprint density at radius 2 is 2.12 bits per heavy atom. The first-order valence-electron chi connectivity index (χ1n) is 5.06. The molecule has 1 aromatic heterocycles. The molecule has 0 radical (unpaired) electrons. The van der Waals surface area contributed by atoms with Crippen LogP contribution < -0.4 is 4.90 Å². The molecule has 0 amide bonds. The number of anilines is 1. The number of rotatable bonds is 5. The van der Waals surface area contributed by atoms with Crippen molar-refractivity contribution in [1.82, 2.24) is 9.97 Å². The van der Waals surface area contributed by atoms with Gasteiger partial charge in [-0.05, 0) is 12.8 Å². The summed E-state index contributed by atoms with van der Waals surface area (Å²) in [4.78, 5) is 19.7. The monoisotopic (exact) mass is 224 g/mol. The summed E-state index contributed by atoms with van der Waals surface area (Å²) in [5.74, 6) is 0.446. The van der Waals surface area contributed by atoms with Crippen LogP contribution in [-0.4, -0.2) is 39.2 Å². The van der Waals surface area contributed by atoms with Crippen molar-refractivity contribution in [1.29, 1.82) is 0 Å². The second-order valence-electron chi connectivity index (χ2n) is 3.65. The predicted octanol–water partition coefficient (Wildman–Crippen LogP) is 0.346. The number of nitrogens with zero attached hydrogens (tertiary/aromatic N) is 4. The van der Waals surface area contributed by atoms with E-state index in [1.165, 1.54) is 12.4 Å². The number of aliphatic hydroxyl groups is 1. The number of aromatic nitrogens is 2. The zero-order chi connectivity index (χ0) is 11.5. The second-order valence-corrected chi connectivity index (χ2v) is 3.65. The van der Waals surface area contributed by atoms with Gasteiger partial charge in [-0.15, -0.1) is 0 Å². The summed E-state index contributed by atoms with van der Waals surface area (Å²) in [6.07, 6.45) is 4.49. The molecule has 1 N–H and O–H groups in total. The highest BCUT2D eigenvalue weighted by atomic mass is 16.6. The summed E-state index contributed by atoms with van der Waals surface area (Å²) < 4.78 is 0. The number of hydrogen-bond acceptors (Lipinski definition) is 6. The maximum Gasteiger partial charge on any atom is 0.305 e. The summed E-state index contributed by atoms with van der Waals surface area (Å²) in [5.41, 5.74) is -0.122. The fourth-order valence-electron chi connectivity index (χ4n) is 1.50. The Hall–Kier alpha value is -1.76. The minimum absolute atomic E-state index is 0.0247. The molecular formula is C9H12N4O3. The lowest BCUT2D eigenvalue weighted by Gasteiger charge is -2.20. The van der Waals surface area contributed by atoms with Crippen LogP contribution in [0, 0.1) is 10.1 Å². The fraction of sp³-hybridized carbons (Fsp3) is 0.556. The van der Waals surface area contributed by atoms with Gasteiger partial charge in [-0.2, -0.15) is 0 Å². The lowest BCUT2D eigenvalue weighted by Crippen LogP contribution is -2.30. The van der Waals surface area contributed by atoms with Gasteiger partial charge in [-0.3, -0.25) is 10.1 Å². The van der Waals surface area contributed by atoms with Gasteiger partial charge in [0.1, 0.15) is 12.4 Å². The van der Waals surface area contributed by atoms with Gasteiger partial charge in [-0.1, -0.05) is 0 Å². The molecule has 1 saturated carbocycles. The molecule has 7 nitrogen and oxygen atoms in total. The third-order valence-electron chi connectivity index (χ3n) is 2.42. The van der Waals surface area contributed by atoms with E-state index in [0.717, 1.165) is 12.8 Å². The van der Waals surface area contributed by atoms with Gasteiger partial charge in [0.2, 0.25) is 5.95 Å². The molecule has 1 aliphatic rings. The van der Waals surface area contributed by atoms with E-state index in [4.69, 9.17) is 5.11 Å². The molecule has 2 rings (SSSR count). The highest BCUT2D eigenvalue weighted by Gasteiger charge is 2.30. The minimum atomic E-state index is -0.530. The maximum absolute atomic E-state index is 10.4. The van der Waals surface area contributed by atoms with E-state index >= 15 is 0 Å². The molecule has 0 bridgehead atoms. The molecule has 0 atom stereocenters. The zero-order valence-electron chi connectivity index (χ0n) is 8.61. The maximum atomic E-state index is 10.4. The highest BCUT2D eigenvalue weighted by Crippen LogP contribution is 2.29. The molecule has 0 saturated heterocycles. The highest BCUT2D eigenvalue weighted by molar-refractivity contribution is 5.36. The first-order valence-corrected chi connectivity index (χ1v) is 5.06. The van der Waals surface area contributed by atoms with Crippen LogP contribution in [-0.2, 0) is 0 Å². The van der Waals surface area contributed by atoms with Crippen LogP contribution in [0.3, 0.4) is 0 Å². The quantitative estimate of drug-likeness (QED) is 0.573. The summed E-state index contributed by atoms with van der Waals surface area (Å²) >= 11 is 0.